The lowest BCUT2D eigenvalue weighted by Gasteiger charge is -2.08. The van der Waals surface area contributed by atoms with Gasteiger partial charge in [0.05, 0.1) is 5.56 Å². The molecule has 0 aliphatic carbocycles. The summed E-state index contributed by atoms with van der Waals surface area (Å²) in [6, 6.07) is 3.88. The number of alkyl halides is 2. The van der Waals surface area contributed by atoms with E-state index >= 15 is 0 Å². The fraction of sp³-hybridized carbons (Fsp3) is 0.300. The number of ether oxygens (including phenoxy) is 1. The van der Waals surface area contributed by atoms with E-state index in [2.05, 4.69) is 13.5 Å². The Kier molecular flexibility index (Phi) is 3.68. The van der Waals surface area contributed by atoms with Gasteiger partial charge in [0, 0.05) is 0 Å². The smallest absolute Gasteiger partial charge is 0.387 e. The molecule has 19 heavy (non-hydrogen) atoms. The van der Waals surface area contributed by atoms with Crippen molar-refractivity contribution in [3.63, 3.8) is 0 Å². The molecule has 0 saturated carbocycles. The van der Waals surface area contributed by atoms with Gasteiger partial charge in [0.2, 0.25) is 0 Å². The third-order valence-electron chi connectivity index (χ3n) is 2.18. The van der Waals surface area contributed by atoms with Crippen LogP contribution in [0.1, 0.15) is 5.56 Å². The second kappa shape index (κ2) is 4.97. The van der Waals surface area contributed by atoms with E-state index in [-0.39, 0.29) is 22.0 Å². The van der Waals surface area contributed by atoms with E-state index in [1.165, 1.54) is 18.2 Å². The lowest BCUT2D eigenvalue weighted by Crippen LogP contribution is -2.07. The fourth-order valence-corrected chi connectivity index (χ4v) is 3.27. The quantitative estimate of drug-likeness (QED) is 0.836. The minimum atomic E-state index is -3.88. The number of sulfonamides is 1. The minimum absolute atomic E-state index is 0.00370. The number of benzene rings is 1. The first-order valence-electron chi connectivity index (χ1n) is 5.04. The first kappa shape index (κ1) is 14.1. The molecule has 0 aromatic heterocycles. The van der Waals surface area contributed by atoms with Gasteiger partial charge < -0.3 is 4.74 Å². The zero-order valence-electron chi connectivity index (χ0n) is 10.0. The van der Waals surface area contributed by atoms with Crippen LogP contribution in [0.5, 0.6) is 5.75 Å². The van der Waals surface area contributed by atoms with Gasteiger partial charge in [0.1, 0.15) is 10.6 Å². The summed E-state index contributed by atoms with van der Waals surface area (Å²) < 4.78 is 60.1. The molecule has 0 atom stereocenters. The number of nitrogens with zero attached hydrogens (tertiary/aromatic N) is 2. The summed E-state index contributed by atoms with van der Waals surface area (Å²) in [6.07, 6.45) is 3.51. The van der Waals surface area contributed by atoms with Gasteiger partial charge in [-0.3, -0.25) is 0 Å². The van der Waals surface area contributed by atoms with Gasteiger partial charge in [0.15, 0.2) is 5.84 Å². The van der Waals surface area contributed by atoms with Crippen LogP contribution in [0.4, 0.5) is 8.78 Å². The van der Waals surface area contributed by atoms with E-state index in [0.717, 1.165) is 0 Å². The summed E-state index contributed by atoms with van der Waals surface area (Å²) in [7, 11) is -4.37. The predicted molar refractivity (Wildman–Crippen MR) is 68.4 cm³/mol. The molecule has 0 fully saturated rings. The molecule has 0 saturated heterocycles. The number of amidine groups is 1. The molecule has 9 heteroatoms. The molecular weight excluding hydrogens is 298 g/mol. The van der Waals surface area contributed by atoms with Gasteiger partial charge in [-0.05, 0) is 24.6 Å². The standard InChI is InChI=1S/C10H10F2N2O3S2/c1-18(2)13-9-8-6(17-10(11)12)4-3-5-7(8)19(15,16)14-9/h3-5,10H,1-2H3. The monoisotopic (exact) mass is 308 g/mol. The van der Waals surface area contributed by atoms with Crippen LogP contribution in [0, 0.1) is 0 Å². The molecule has 1 aromatic carbocycles. The fourth-order valence-electron chi connectivity index (χ4n) is 1.58. The Morgan fingerprint density at radius 3 is 2.63 bits per heavy atom. The summed E-state index contributed by atoms with van der Waals surface area (Å²) in [5.74, 6) is -0.318. The summed E-state index contributed by atoms with van der Waals surface area (Å²) in [5.41, 5.74) is 0.00370. The molecule has 1 aromatic rings. The maximum Gasteiger partial charge on any atom is 0.387 e. The van der Waals surface area contributed by atoms with Crippen LogP contribution in [0.15, 0.2) is 31.9 Å². The van der Waals surface area contributed by atoms with Crippen molar-refractivity contribution in [1.29, 1.82) is 0 Å². The lowest BCUT2D eigenvalue weighted by atomic mass is 10.2. The zero-order valence-corrected chi connectivity index (χ0v) is 11.6. The van der Waals surface area contributed by atoms with Crippen molar-refractivity contribution in [1.82, 2.24) is 0 Å². The van der Waals surface area contributed by atoms with E-state index in [9.17, 15) is 17.2 Å². The highest BCUT2D eigenvalue weighted by atomic mass is 32.2. The van der Waals surface area contributed by atoms with Crippen LogP contribution in [0.25, 0.3) is 0 Å². The average Bonchev–Trinajstić information content (AvgIpc) is 2.50. The molecule has 1 aliphatic rings. The highest BCUT2D eigenvalue weighted by molar-refractivity contribution is 7.91. The third kappa shape index (κ3) is 2.81. The normalized spacial score (nSPS) is 16.4. The highest BCUT2D eigenvalue weighted by Gasteiger charge is 2.32. The van der Waals surface area contributed by atoms with Crippen LogP contribution in [0.3, 0.4) is 0 Å². The van der Waals surface area contributed by atoms with Crippen molar-refractivity contribution in [2.45, 2.75) is 11.5 Å². The van der Waals surface area contributed by atoms with Gasteiger partial charge in [-0.15, -0.1) is 4.40 Å². The average molecular weight is 308 g/mol. The molecule has 5 nitrogen and oxygen atoms in total. The Labute approximate surface area is 111 Å². The third-order valence-corrected chi connectivity index (χ3v) is 4.03. The van der Waals surface area contributed by atoms with Crippen LogP contribution < -0.4 is 4.74 Å². The molecule has 0 radical (unpaired) electrons. The number of hydrogen-bond acceptors (Lipinski definition) is 4. The largest absolute Gasteiger partial charge is 0.434 e. The SMILES string of the molecule is CS(C)=NC1=NS(=O)(=O)c2cccc(OC(F)F)c21. The van der Waals surface area contributed by atoms with E-state index in [4.69, 9.17) is 0 Å². The first-order chi connectivity index (χ1) is 8.81. The van der Waals surface area contributed by atoms with Crippen molar-refractivity contribution in [3.8, 4) is 5.75 Å². The Bertz CT molecular complexity index is 680. The molecule has 0 bridgehead atoms. The lowest BCUT2D eigenvalue weighted by molar-refractivity contribution is -0.0501. The molecule has 0 spiro atoms. The highest BCUT2D eigenvalue weighted by Crippen LogP contribution is 2.34. The van der Waals surface area contributed by atoms with Crippen LogP contribution >= 0.6 is 0 Å². The van der Waals surface area contributed by atoms with Crippen molar-refractivity contribution in [2.24, 2.45) is 8.76 Å². The molecular formula is C10H10F2N2O3S2. The van der Waals surface area contributed by atoms with E-state index in [1.807, 2.05) is 0 Å². The predicted octanol–water partition coefficient (Wildman–Crippen LogP) is 1.80. The van der Waals surface area contributed by atoms with Gasteiger partial charge in [0.25, 0.3) is 10.0 Å². The van der Waals surface area contributed by atoms with Crippen molar-refractivity contribution in [2.75, 3.05) is 12.5 Å². The summed E-state index contributed by atoms with van der Waals surface area (Å²) in [6.45, 7) is -3.04. The summed E-state index contributed by atoms with van der Waals surface area (Å²) in [4.78, 5) is -0.158. The molecule has 0 unspecified atom stereocenters. The second-order valence-corrected chi connectivity index (χ2v) is 7.06. The minimum Gasteiger partial charge on any atom is -0.434 e. The van der Waals surface area contributed by atoms with Crippen LogP contribution in [-0.4, -0.2) is 33.4 Å². The Morgan fingerprint density at radius 2 is 2.05 bits per heavy atom. The Hall–Kier alpha value is -1.35. The van der Waals surface area contributed by atoms with Gasteiger partial charge >= 0.3 is 6.61 Å². The molecule has 1 heterocycles. The van der Waals surface area contributed by atoms with E-state index in [0.29, 0.717) is 0 Å². The topological polar surface area (TPSA) is 68.1 Å². The molecule has 0 amide bonds. The maximum atomic E-state index is 12.3. The van der Waals surface area contributed by atoms with Gasteiger partial charge in [-0.1, -0.05) is 16.8 Å². The number of halogens is 2. The van der Waals surface area contributed by atoms with Crippen molar-refractivity contribution >= 4 is 26.6 Å². The number of rotatable bonds is 2. The summed E-state index contributed by atoms with van der Waals surface area (Å²) in [5, 5.41) is 0. The Morgan fingerprint density at radius 1 is 1.37 bits per heavy atom. The van der Waals surface area contributed by atoms with Crippen LogP contribution in [-0.2, 0) is 20.7 Å². The second-order valence-electron chi connectivity index (χ2n) is 3.76. The number of fused-ring (bicyclic) bond motifs is 1. The maximum absolute atomic E-state index is 12.3. The van der Waals surface area contributed by atoms with Crippen LogP contribution in [0.2, 0.25) is 0 Å². The first-order valence-corrected chi connectivity index (χ1v) is 8.47. The Balaban J connectivity index is 2.66. The van der Waals surface area contributed by atoms with Gasteiger partial charge in [-0.25, -0.2) is 4.36 Å². The van der Waals surface area contributed by atoms with Gasteiger partial charge in [-0.2, -0.15) is 17.2 Å². The summed E-state index contributed by atoms with van der Waals surface area (Å²) >= 11 is 0. The molecule has 1 aliphatic heterocycles. The zero-order chi connectivity index (χ0) is 14.2. The van der Waals surface area contributed by atoms with Crippen molar-refractivity contribution in [3.05, 3.63) is 23.8 Å². The van der Waals surface area contributed by atoms with Crippen molar-refractivity contribution < 1.29 is 21.9 Å². The number of hydrogen-bond donors (Lipinski definition) is 0. The van der Waals surface area contributed by atoms with E-state index < -0.39 is 27.3 Å². The molecule has 2 rings (SSSR count). The van der Waals surface area contributed by atoms with E-state index in [1.54, 1.807) is 12.5 Å². The molecule has 0 N–H and O–H groups in total. The molecule has 104 valence electrons.